The molecule has 0 spiro atoms. The molecule has 0 saturated carbocycles. The molecule has 0 aromatic heterocycles. The van der Waals surface area contributed by atoms with E-state index in [0.29, 0.717) is 0 Å². The van der Waals surface area contributed by atoms with Gasteiger partial charge >= 0.3 is 0 Å². The third-order valence-electron chi connectivity index (χ3n) is 2.70. The van der Waals surface area contributed by atoms with Crippen molar-refractivity contribution in [2.75, 3.05) is 0 Å². The van der Waals surface area contributed by atoms with Gasteiger partial charge in [0, 0.05) is 0 Å². The summed E-state index contributed by atoms with van der Waals surface area (Å²) in [7, 11) is -3.79. The zero-order chi connectivity index (χ0) is 12.9. The number of rotatable bonds is 0. The Morgan fingerprint density at radius 2 is 1.28 bits per heavy atom. The largest absolute Gasteiger partial charge is 0.504 e. The highest BCUT2D eigenvalue weighted by atomic mass is 32.2. The Hall–Kier alpha value is -2.21. The van der Waals surface area contributed by atoms with E-state index >= 15 is 0 Å². The summed E-state index contributed by atoms with van der Waals surface area (Å²) < 4.78 is 29.9. The van der Waals surface area contributed by atoms with Crippen LogP contribution in [0.25, 0.3) is 0 Å². The number of ether oxygens (including phenoxy) is 1. The first kappa shape index (κ1) is 10.9. The van der Waals surface area contributed by atoms with Crippen molar-refractivity contribution in [1.82, 2.24) is 0 Å². The van der Waals surface area contributed by atoms with Gasteiger partial charge in [-0.1, -0.05) is 12.1 Å². The Balaban J connectivity index is 2.41. The summed E-state index contributed by atoms with van der Waals surface area (Å²) >= 11 is 0. The lowest BCUT2D eigenvalue weighted by atomic mass is 10.3. The lowest BCUT2D eigenvalue weighted by molar-refractivity contribution is 0.364. The van der Waals surface area contributed by atoms with Crippen molar-refractivity contribution >= 4 is 9.84 Å². The standard InChI is InChI=1S/C12H8O5S/c13-7-3-1-5-9-11(7)17-12-8(14)4-2-6-10(12)18(9,15)16/h1-6,13-14H. The van der Waals surface area contributed by atoms with Crippen LogP contribution in [-0.2, 0) is 9.84 Å². The maximum atomic E-state index is 12.3. The molecule has 18 heavy (non-hydrogen) atoms. The van der Waals surface area contributed by atoms with Crippen LogP contribution in [0, 0.1) is 0 Å². The summed E-state index contributed by atoms with van der Waals surface area (Å²) in [5, 5.41) is 19.3. The van der Waals surface area contributed by atoms with Gasteiger partial charge in [0.05, 0.1) is 0 Å². The molecule has 2 aromatic rings. The predicted molar refractivity (Wildman–Crippen MR) is 61.7 cm³/mol. The van der Waals surface area contributed by atoms with Crippen molar-refractivity contribution in [3.05, 3.63) is 36.4 Å². The second-order valence-corrected chi connectivity index (χ2v) is 5.70. The molecule has 3 rings (SSSR count). The normalized spacial score (nSPS) is 15.3. The van der Waals surface area contributed by atoms with Crippen molar-refractivity contribution in [1.29, 1.82) is 0 Å². The lowest BCUT2D eigenvalue weighted by Gasteiger charge is -2.21. The summed E-state index contributed by atoms with van der Waals surface area (Å²) in [5.74, 6) is -0.895. The van der Waals surface area contributed by atoms with Crippen molar-refractivity contribution in [2.24, 2.45) is 0 Å². The van der Waals surface area contributed by atoms with Crippen LogP contribution in [-0.4, -0.2) is 18.6 Å². The van der Waals surface area contributed by atoms with E-state index < -0.39 is 9.84 Å². The fourth-order valence-corrected chi connectivity index (χ4v) is 3.39. The number of phenols is 2. The highest BCUT2D eigenvalue weighted by Crippen LogP contribution is 2.49. The zero-order valence-corrected chi connectivity index (χ0v) is 9.81. The van der Waals surface area contributed by atoms with Crippen LogP contribution in [0.3, 0.4) is 0 Å². The quantitative estimate of drug-likeness (QED) is 0.649. The van der Waals surface area contributed by atoms with Gasteiger partial charge in [-0.25, -0.2) is 8.42 Å². The minimum atomic E-state index is -3.79. The van der Waals surface area contributed by atoms with Gasteiger partial charge in [0.25, 0.3) is 0 Å². The van der Waals surface area contributed by atoms with Gasteiger partial charge in [-0.3, -0.25) is 0 Å². The number of benzene rings is 2. The minimum absolute atomic E-state index is 0.111. The van der Waals surface area contributed by atoms with Gasteiger partial charge in [-0.15, -0.1) is 0 Å². The third-order valence-corrected chi connectivity index (χ3v) is 4.50. The van der Waals surface area contributed by atoms with Crippen LogP contribution in [0.2, 0.25) is 0 Å². The molecule has 0 fully saturated rings. The molecule has 2 N–H and O–H groups in total. The Kier molecular flexibility index (Phi) is 2.06. The average Bonchev–Trinajstić information content (AvgIpc) is 2.32. The van der Waals surface area contributed by atoms with Gasteiger partial charge in [0.1, 0.15) is 9.79 Å². The first-order chi connectivity index (χ1) is 8.51. The molecule has 0 bridgehead atoms. The minimum Gasteiger partial charge on any atom is -0.504 e. The highest BCUT2D eigenvalue weighted by Gasteiger charge is 2.34. The molecule has 0 amide bonds. The summed E-state index contributed by atoms with van der Waals surface area (Å²) in [5.41, 5.74) is 0. The van der Waals surface area contributed by atoms with Gasteiger partial charge < -0.3 is 14.9 Å². The van der Waals surface area contributed by atoms with Gasteiger partial charge in [-0.2, -0.15) is 0 Å². The van der Waals surface area contributed by atoms with E-state index in [9.17, 15) is 18.6 Å². The second-order valence-electron chi connectivity index (χ2n) is 3.81. The molecule has 5 nitrogen and oxygen atoms in total. The molecule has 0 unspecified atom stereocenters. The van der Waals surface area contributed by atoms with Crippen molar-refractivity contribution in [3.8, 4) is 23.0 Å². The van der Waals surface area contributed by atoms with Crippen LogP contribution in [0.5, 0.6) is 23.0 Å². The monoisotopic (exact) mass is 264 g/mol. The van der Waals surface area contributed by atoms with Crippen molar-refractivity contribution < 1.29 is 23.4 Å². The van der Waals surface area contributed by atoms with Crippen LogP contribution in [0.4, 0.5) is 0 Å². The Bertz CT molecular complexity index is 692. The number of aromatic hydroxyl groups is 2. The van der Waals surface area contributed by atoms with E-state index in [1.807, 2.05) is 0 Å². The molecule has 1 heterocycles. The van der Waals surface area contributed by atoms with Crippen molar-refractivity contribution in [2.45, 2.75) is 9.79 Å². The molecule has 2 aromatic carbocycles. The van der Waals surface area contributed by atoms with Gasteiger partial charge in [0.15, 0.2) is 23.0 Å². The summed E-state index contributed by atoms with van der Waals surface area (Å²) in [6, 6.07) is 8.17. The molecule has 1 aliphatic rings. The number of fused-ring (bicyclic) bond motifs is 2. The first-order valence-electron chi connectivity index (χ1n) is 5.09. The Morgan fingerprint density at radius 3 is 1.72 bits per heavy atom. The maximum absolute atomic E-state index is 12.3. The lowest BCUT2D eigenvalue weighted by Crippen LogP contribution is -2.11. The molecule has 0 aliphatic carbocycles. The molecular formula is C12H8O5S. The van der Waals surface area contributed by atoms with E-state index in [0.717, 1.165) is 0 Å². The van der Waals surface area contributed by atoms with E-state index in [1.54, 1.807) is 0 Å². The third kappa shape index (κ3) is 1.29. The first-order valence-corrected chi connectivity index (χ1v) is 6.57. The number of para-hydroxylation sites is 2. The summed E-state index contributed by atoms with van der Waals surface area (Å²) in [6.45, 7) is 0. The zero-order valence-electron chi connectivity index (χ0n) is 8.99. The summed E-state index contributed by atoms with van der Waals surface area (Å²) in [4.78, 5) is -0.221. The van der Waals surface area contributed by atoms with Gasteiger partial charge in [0.2, 0.25) is 9.84 Å². The fraction of sp³-hybridized carbons (Fsp3) is 0. The van der Waals surface area contributed by atoms with E-state index in [2.05, 4.69) is 0 Å². The summed E-state index contributed by atoms with van der Waals surface area (Å²) in [6.07, 6.45) is 0. The fourth-order valence-electron chi connectivity index (χ4n) is 1.86. The maximum Gasteiger partial charge on any atom is 0.214 e. The number of hydrogen-bond donors (Lipinski definition) is 2. The average molecular weight is 264 g/mol. The Labute approximate surface area is 103 Å². The SMILES string of the molecule is O=S1(=O)c2cccc(O)c2Oc2c(O)cccc21. The molecular weight excluding hydrogens is 256 g/mol. The predicted octanol–water partition coefficient (Wildman–Crippen LogP) is 2.04. The number of sulfone groups is 1. The molecule has 0 atom stereocenters. The van der Waals surface area contributed by atoms with E-state index in [1.165, 1.54) is 36.4 Å². The van der Waals surface area contributed by atoms with Crippen LogP contribution in [0.1, 0.15) is 0 Å². The number of hydrogen-bond acceptors (Lipinski definition) is 5. The van der Waals surface area contributed by atoms with Crippen LogP contribution < -0.4 is 4.74 Å². The van der Waals surface area contributed by atoms with Crippen molar-refractivity contribution in [3.63, 3.8) is 0 Å². The highest BCUT2D eigenvalue weighted by molar-refractivity contribution is 7.91. The molecule has 0 saturated heterocycles. The molecule has 92 valence electrons. The molecule has 1 aliphatic heterocycles. The second kappa shape index (κ2) is 3.39. The van der Waals surface area contributed by atoms with E-state index in [4.69, 9.17) is 4.74 Å². The smallest absolute Gasteiger partial charge is 0.214 e. The number of phenolic OH excluding ortho intramolecular Hbond substituents is 2. The van der Waals surface area contributed by atoms with Gasteiger partial charge in [-0.05, 0) is 24.3 Å². The van der Waals surface area contributed by atoms with Crippen LogP contribution in [0.15, 0.2) is 46.2 Å². The van der Waals surface area contributed by atoms with E-state index in [-0.39, 0.29) is 32.8 Å². The van der Waals surface area contributed by atoms with Crippen LogP contribution >= 0.6 is 0 Å². The Morgan fingerprint density at radius 1 is 0.833 bits per heavy atom. The molecule has 6 heteroatoms. The molecule has 0 radical (unpaired) electrons. The topological polar surface area (TPSA) is 83.8 Å².